The Kier molecular flexibility index (Phi) is 5.77. The first kappa shape index (κ1) is 18.5. The van der Waals surface area contributed by atoms with Gasteiger partial charge < -0.3 is 15.0 Å². The molecule has 0 spiro atoms. The van der Waals surface area contributed by atoms with Crippen LogP contribution in [-0.2, 0) is 11.3 Å². The number of aromatic carboxylic acids is 1. The minimum atomic E-state index is -1.04. The van der Waals surface area contributed by atoms with Gasteiger partial charge in [0.05, 0.1) is 23.2 Å². The molecule has 0 bridgehead atoms. The summed E-state index contributed by atoms with van der Waals surface area (Å²) in [5, 5.41) is 20.7. The van der Waals surface area contributed by atoms with E-state index in [1.165, 1.54) is 30.1 Å². The fourth-order valence-corrected chi connectivity index (χ4v) is 3.12. The quantitative estimate of drug-likeness (QED) is 0.594. The van der Waals surface area contributed by atoms with Gasteiger partial charge in [0.15, 0.2) is 11.0 Å². The van der Waals surface area contributed by atoms with Crippen LogP contribution in [0.25, 0.3) is 11.5 Å². The number of amides is 1. The first-order valence-corrected chi connectivity index (χ1v) is 9.02. The van der Waals surface area contributed by atoms with Crippen molar-refractivity contribution in [3.05, 3.63) is 48.4 Å². The van der Waals surface area contributed by atoms with Gasteiger partial charge in [-0.1, -0.05) is 11.8 Å². The van der Waals surface area contributed by atoms with Crippen molar-refractivity contribution in [3.63, 3.8) is 0 Å². The monoisotopic (exact) mass is 384 g/mol. The summed E-state index contributed by atoms with van der Waals surface area (Å²) < 4.78 is 1.79. The van der Waals surface area contributed by atoms with E-state index in [2.05, 4.69) is 25.5 Å². The number of pyridine rings is 2. The first-order valence-electron chi connectivity index (χ1n) is 8.04. The summed E-state index contributed by atoms with van der Waals surface area (Å²) in [6, 6.07) is 6.35. The Morgan fingerprint density at radius 3 is 2.81 bits per heavy atom. The highest BCUT2D eigenvalue weighted by Gasteiger charge is 2.17. The highest BCUT2D eigenvalue weighted by molar-refractivity contribution is 7.99. The number of hydrogen-bond acceptors (Lipinski definition) is 7. The molecule has 27 heavy (non-hydrogen) atoms. The fourth-order valence-electron chi connectivity index (χ4n) is 2.32. The van der Waals surface area contributed by atoms with Crippen molar-refractivity contribution < 1.29 is 14.7 Å². The molecule has 0 aromatic carbocycles. The lowest BCUT2D eigenvalue weighted by molar-refractivity contribution is -0.113. The highest BCUT2D eigenvalue weighted by Crippen LogP contribution is 2.23. The van der Waals surface area contributed by atoms with Crippen LogP contribution in [0.5, 0.6) is 0 Å². The predicted molar refractivity (Wildman–Crippen MR) is 99.5 cm³/mol. The number of carbonyl (C=O) groups excluding carboxylic acids is 1. The molecular weight excluding hydrogens is 368 g/mol. The van der Waals surface area contributed by atoms with E-state index in [0.29, 0.717) is 28.9 Å². The third-order valence-electron chi connectivity index (χ3n) is 3.55. The van der Waals surface area contributed by atoms with E-state index in [9.17, 15) is 9.59 Å². The molecular formula is C17H16N6O3S. The van der Waals surface area contributed by atoms with Crippen LogP contribution < -0.4 is 5.32 Å². The summed E-state index contributed by atoms with van der Waals surface area (Å²) in [4.78, 5) is 31.4. The summed E-state index contributed by atoms with van der Waals surface area (Å²) in [7, 11) is 0. The Morgan fingerprint density at radius 2 is 2.11 bits per heavy atom. The lowest BCUT2D eigenvalue weighted by Gasteiger charge is -2.07. The highest BCUT2D eigenvalue weighted by atomic mass is 32.2. The molecule has 3 aromatic rings. The van der Waals surface area contributed by atoms with Crippen molar-refractivity contribution in [3.8, 4) is 11.5 Å². The molecule has 0 saturated heterocycles. The summed E-state index contributed by atoms with van der Waals surface area (Å²) in [6.45, 7) is 2.46. The van der Waals surface area contributed by atoms with Gasteiger partial charge in [0, 0.05) is 18.9 Å². The molecule has 0 fully saturated rings. The predicted octanol–water partition coefficient (Wildman–Crippen LogP) is 2.18. The minimum absolute atomic E-state index is 0.121. The van der Waals surface area contributed by atoms with Gasteiger partial charge in [0.2, 0.25) is 5.91 Å². The van der Waals surface area contributed by atoms with E-state index in [0.717, 1.165) is 0 Å². The van der Waals surface area contributed by atoms with Gasteiger partial charge in [0.25, 0.3) is 0 Å². The second-order valence-electron chi connectivity index (χ2n) is 5.36. The molecule has 0 aliphatic carbocycles. The number of carboxylic acids is 1. The van der Waals surface area contributed by atoms with E-state index in [1.807, 2.05) is 6.92 Å². The third-order valence-corrected chi connectivity index (χ3v) is 4.51. The fraction of sp³-hybridized carbons (Fsp3) is 0.176. The Labute approximate surface area is 158 Å². The second kappa shape index (κ2) is 8.41. The van der Waals surface area contributed by atoms with Crippen LogP contribution in [0.3, 0.4) is 0 Å². The molecule has 0 unspecified atom stereocenters. The number of aromatic nitrogens is 5. The van der Waals surface area contributed by atoms with Crippen LogP contribution >= 0.6 is 11.8 Å². The maximum Gasteiger partial charge on any atom is 0.335 e. The maximum absolute atomic E-state index is 12.1. The molecule has 0 aliphatic heterocycles. The number of nitrogens with one attached hydrogen (secondary N) is 1. The summed E-state index contributed by atoms with van der Waals surface area (Å²) >= 11 is 1.24. The smallest absolute Gasteiger partial charge is 0.335 e. The van der Waals surface area contributed by atoms with Crippen molar-refractivity contribution >= 4 is 29.3 Å². The van der Waals surface area contributed by atoms with Crippen molar-refractivity contribution in [2.24, 2.45) is 0 Å². The molecule has 3 aromatic heterocycles. The first-order chi connectivity index (χ1) is 13.1. The molecule has 9 nitrogen and oxygen atoms in total. The lowest BCUT2D eigenvalue weighted by Crippen LogP contribution is -2.14. The Hall–Kier alpha value is -3.27. The molecule has 3 heterocycles. The van der Waals surface area contributed by atoms with Crippen molar-refractivity contribution in [1.29, 1.82) is 0 Å². The average molecular weight is 384 g/mol. The van der Waals surface area contributed by atoms with Crippen LogP contribution in [0.1, 0.15) is 17.3 Å². The molecule has 2 N–H and O–H groups in total. The van der Waals surface area contributed by atoms with Crippen LogP contribution in [0, 0.1) is 0 Å². The van der Waals surface area contributed by atoms with Gasteiger partial charge in [0.1, 0.15) is 5.69 Å². The summed E-state index contributed by atoms with van der Waals surface area (Å²) in [5.41, 5.74) is 1.15. The van der Waals surface area contributed by atoms with Crippen LogP contribution in [-0.4, -0.2) is 47.5 Å². The Morgan fingerprint density at radius 1 is 1.26 bits per heavy atom. The van der Waals surface area contributed by atoms with E-state index in [1.54, 1.807) is 29.1 Å². The topological polar surface area (TPSA) is 123 Å². The summed E-state index contributed by atoms with van der Waals surface area (Å²) in [6.07, 6.45) is 4.61. The second-order valence-corrected chi connectivity index (χ2v) is 6.31. The molecule has 138 valence electrons. The van der Waals surface area contributed by atoms with Gasteiger partial charge in [-0.05, 0) is 31.2 Å². The van der Waals surface area contributed by atoms with Crippen molar-refractivity contribution in [2.75, 3.05) is 11.1 Å². The van der Waals surface area contributed by atoms with Crippen LogP contribution in [0.2, 0.25) is 0 Å². The zero-order valence-corrected chi connectivity index (χ0v) is 15.2. The molecule has 10 heteroatoms. The maximum atomic E-state index is 12.1. The van der Waals surface area contributed by atoms with Crippen LogP contribution in [0.4, 0.5) is 5.69 Å². The molecule has 3 rings (SSSR count). The van der Waals surface area contributed by atoms with Gasteiger partial charge in [-0.2, -0.15) is 0 Å². The molecule has 0 radical (unpaired) electrons. The standard InChI is InChI=1S/C17H16N6O3S/c1-2-23-15(13-8-11(16(25)26)5-7-19-13)21-22-17(23)27-10-14(24)20-12-4-3-6-18-9-12/h3-9H,2,10H2,1H3,(H,20,24)(H,25,26). The summed E-state index contributed by atoms with van der Waals surface area (Å²) in [5.74, 6) is -0.625. The van der Waals surface area contributed by atoms with Crippen molar-refractivity contribution in [1.82, 2.24) is 24.7 Å². The van der Waals surface area contributed by atoms with Gasteiger partial charge >= 0.3 is 5.97 Å². The van der Waals surface area contributed by atoms with Gasteiger partial charge in [-0.3, -0.25) is 14.8 Å². The van der Waals surface area contributed by atoms with E-state index in [-0.39, 0.29) is 17.2 Å². The zero-order valence-electron chi connectivity index (χ0n) is 14.4. The van der Waals surface area contributed by atoms with Gasteiger partial charge in [-0.25, -0.2) is 4.79 Å². The number of anilines is 1. The number of thioether (sulfide) groups is 1. The van der Waals surface area contributed by atoms with E-state index >= 15 is 0 Å². The molecule has 1 amide bonds. The number of hydrogen-bond donors (Lipinski definition) is 2. The third kappa shape index (κ3) is 4.47. The van der Waals surface area contributed by atoms with E-state index < -0.39 is 5.97 Å². The number of carbonyl (C=O) groups is 2. The molecule has 0 saturated carbocycles. The molecule has 0 aliphatic rings. The van der Waals surface area contributed by atoms with Gasteiger partial charge in [-0.15, -0.1) is 10.2 Å². The minimum Gasteiger partial charge on any atom is -0.478 e. The SMILES string of the molecule is CCn1c(SCC(=O)Nc2cccnc2)nnc1-c1cc(C(=O)O)ccn1. The van der Waals surface area contributed by atoms with Crippen LogP contribution in [0.15, 0.2) is 48.0 Å². The van der Waals surface area contributed by atoms with E-state index in [4.69, 9.17) is 5.11 Å². The average Bonchev–Trinajstić information content (AvgIpc) is 3.10. The zero-order chi connectivity index (χ0) is 19.2. The number of nitrogens with zero attached hydrogens (tertiary/aromatic N) is 5. The lowest BCUT2D eigenvalue weighted by atomic mass is 10.2. The number of carboxylic acid groups (broad SMARTS) is 1. The Balaban J connectivity index is 1.73. The normalized spacial score (nSPS) is 10.6. The van der Waals surface area contributed by atoms with Crippen molar-refractivity contribution in [2.45, 2.75) is 18.6 Å². The largest absolute Gasteiger partial charge is 0.478 e. The molecule has 0 atom stereocenters. The number of rotatable bonds is 7. The Bertz CT molecular complexity index is 960.